The van der Waals surface area contributed by atoms with Crippen LogP contribution in [-0.2, 0) is 10.0 Å². The van der Waals surface area contributed by atoms with Gasteiger partial charge in [-0.1, -0.05) is 30.3 Å². The molecule has 3 aromatic rings. The van der Waals surface area contributed by atoms with Crippen LogP contribution >= 0.6 is 0 Å². The van der Waals surface area contributed by atoms with Crippen LogP contribution < -0.4 is 10.0 Å². The van der Waals surface area contributed by atoms with E-state index in [1.807, 2.05) is 13.0 Å². The van der Waals surface area contributed by atoms with E-state index >= 15 is 0 Å². The molecule has 0 radical (unpaired) electrons. The maximum Gasteiger partial charge on any atom is 0.264 e. The minimum atomic E-state index is -4.45. The van der Waals surface area contributed by atoms with Crippen molar-refractivity contribution in [1.29, 1.82) is 0 Å². The van der Waals surface area contributed by atoms with Crippen molar-refractivity contribution in [2.45, 2.75) is 11.8 Å². The van der Waals surface area contributed by atoms with Gasteiger partial charge in [-0.05, 0) is 48.9 Å². The van der Waals surface area contributed by atoms with Gasteiger partial charge in [-0.2, -0.15) is 0 Å². The number of para-hydroxylation sites is 1. The number of rotatable bonds is 5. The molecule has 8 heteroatoms. The fourth-order valence-corrected chi connectivity index (χ4v) is 3.75. The number of anilines is 2. The predicted octanol–water partition coefficient (Wildman–Crippen LogP) is 4.33. The van der Waals surface area contributed by atoms with Crippen LogP contribution in [0.4, 0.5) is 20.2 Å². The van der Waals surface area contributed by atoms with Crippen molar-refractivity contribution in [1.82, 2.24) is 0 Å². The van der Waals surface area contributed by atoms with Gasteiger partial charge in [0.05, 0.1) is 11.3 Å². The highest BCUT2D eigenvalue weighted by atomic mass is 32.2. The van der Waals surface area contributed by atoms with Crippen LogP contribution in [0, 0.1) is 18.6 Å². The predicted molar refractivity (Wildman–Crippen MR) is 103 cm³/mol. The van der Waals surface area contributed by atoms with Gasteiger partial charge in [-0.3, -0.25) is 9.52 Å². The average Bonchev–Trinajstić information content (AvgIpc) is 2.64. The summed E-state index contributed by atoms with van der Waals surface area (Å²) in [6, 6.07) is 15.8. The zero-order chi connectivity index (χ0) is 20.3. The third-order valence-corrected chi connectivity index (χ3v) is 5.28. The quantitative estimate of drug-likeness (QED) is 0.667. The maximum atomic E-state index is 13.9. The van der Waals surface area contributed by atoms with Crippen molar-refractivity contribution in [3.05, 3.63) is 89.5 Å². The molecule has 0 atom stereocenters. The molecule has 2 N–H and O–H groups in total. The van der Waals surface area contributed by atoms with Crippen molar-refractivity contribution < 1.29 is 22.0 Å². The molecule has 0 unspecified atom stereocenters. The van der Waals surface area contributed by atoms with E-state index in [0.29, 0.717) is 5.69 Å². The number of hydrogen-bond donors (Lipinski definition) is 2. The van der Waals surface area contributed by atoms with Crippen molar-refractivity contribution in [3.63, 3.8) is 0 Å². The summed E-state index contributed by atoms with van der Waals surface area (Å²) in [5, 5.41) is 2.68. The van der Waals surface area contributed by atoms with Crippen LogP contribution in [0.5, 0.6) is 0 Å². The first-order valence-corrected chi connectivity index (χ1v) is 9.70. The number of sulfonamides is 1. The van der Waals surface area contributed by atoms with Gasteiger partial charge >= 0.3 is 0 Å². The number of halogens is 2. The van der Waals surface area contributed by atoms with E-state index in [0.717, 1.165) is 23.8 Å². The summed E-state index contributed by atoms with van der Waals surface area (Å²) in [4.78, 5) is 11.8. The lowest BCUT2D eigenvalue weighted by atomic mass is 10.1. The molecule has 1 amide bonds. The molecular weight excluding hydrogens is 386 g/mol. The van der Waals surface area contributed by atoms with Crippen molar-refractivity contribution in [3.8, 4) is 0 Å². The Bertz CT molecular complexity index is 1150. The Morgan fingerprint density at radius 2 is 1.64 bits per heavy atom. The molecule has 5 nitrogen and oxygen atoms in total. The number of amides is 1. The van der Waals surface area contributed by atoms with Crippen molar-refractivity contribution in [2.24, 2.45) is 0 Å². The highest BCUT2D eigenvalue weighted by Gasteiger charge is 2.23. The van der Waals surface area contributed by atoms with Crippen LogP contribution in [0.3, 0.4) is 0 Å². The first-order valence-electron chi connectivity index (χ1n) is 8.22. The fourth-order valence-electron chi connectivity index (χ4n) is 2.58. The average molecular weight is 402 g/mol. The lowest BCUT2D eigenvalue weighted by Gasteiger charge is -2.13. The summed E-state index contributed by atoms with van der Waals surface area (Å²) in [7, 11) is -4.45. The molecule has 0 saturated carbocycles. The molecule has 0 fully saturated rings. The van der Waals surface area contributed by atoms with Gasteiger partial charge in [0.2, 0.25) is 0 Å². The van der Waals surface area contributed by atoms with Gasteiger partial charge in [0.25, 0.3) is 15.9 Å². The first-order chi connectivity index (χ1) is 13.3. The minimum absolute atomic E-state index is 0.0318. The maximum absolute atomic E-state index is 13.9. The fraction of sp³-hybridized carbons (Fsp3) is 0.0500. The van der Waals surface area contributed by atoms with E-state index < -0.39 is 32.5 Å². The standard InChI is InChI=1S/C20H16F2N2O3S/c1-13-6-4-7-14(12-13)23-20(25)15-8-2-3-10-17(15)24-28(26,27)18-11-5-9-16(21)19(18)22/h2-12,24H,1H3,(H,23,25). The SMILES string of the molecule is Cc1cccc(NC(=O)c2ccccc2NS(=O)(=O)c2cccc(F)c2F)c1. The summed E-state index contributed by atoms with van der Waals surface area (Å²) in [6.45, 7) is 1.87. The summed E-state index contributed by atoms with van der Waals surface area (Å²) in [6.07, 6.45) is 0. The van der Waals surface area contributed by atoms with Crippen LogP contribution in [0.15, 0.2) is 71.6 Å². The summed E-state index contributed by atoms with van der Waals surface area (Å²) in [5.41, 5.74) is 1.45. The van der Waals surface area contributed by atoms with Crippen molar-refractivity contribution in [2.75, 3.05) is 10.0 Å². The molecule has 0 aromatic heterocycles. The van der Waals surface area contributed by atoms with Gasteiger partial charge in [-0.15, -0.1) is 0 Å². The topological polar surface area (TPSA) is 75.3 Å². The number of benzene rings is 3. The number of carbonyl (C=O) groups excluding carboxylic acids is 1. The highest BCUT2D eigenvalue weighted by Crippen LogP contribution is 2.24. The highest BCUT2D eigenvalue weighted by molar-refractivity contribution is 7.92. The van der Waals surface area contributed by atoms with Gasteiger partial charge in [0, 0.05) is 5.69 Å². The van der Waals surface area contributed by atoms with E-state index in [4.69, 9.17) is 0 Å². The van der Waals surface area contributed by atoms with Gasteiger partial charge in [0.15, 0.2) is 11.6 Å². The third-order valence-electron chi connectivity index (χ3n) is 3.90. The Balaban J connectivity index is 1.92. The Morgan fingerprint density at radius 1 is 0.929 bits per heavy atom. The molecule has 3 aromatic carbocycles. The molecule has 0 aliphatic heterocycles. The molecular formula is C20H16F2N2O3S. The monoisotopic (exact) mass is 402 g/mol. The summed E-state index contributed by atoms with van der Waals surface area (Å²) in [5.74, 6) is -3.33. The Morgan fingerprint density at radius 3 is 2.39 bits per heavy atom. The third kappa shape index (κ3) is 4.17. The first kappa shape index (κ1) is 19.5. The van der Waals surface area contributed by atoms with E-state index in [2.05, 4.69) is 10.0 Å². The van der Waals surface area contributed by atoms with Crippen molar-refractivity contribution >= 4 is 27.3 Å². The smallest absolute Gasteiger partial charge is 0.264 e. The van der Waals surface area contributed by atoms with Gasteiger partial charge in [-0.25, -0.2) is 17.2 Å². The molecule has 0 heterocycles. The van der Waals surface area contributed by atoms with Crippen LogP contribution in [0.2, 0.25) is 0 Å². The second kappa shape index (κ2) is 7.77. The van der Waals surface area contributed by atoms with E-state index in [9.17, 15) is 22.0 Å². The van der Waals surface area contributed by atoms with E-state index in [1.165, 1.54) is 18.2 Å². The number of carbonyl (C=O) groups is 1. The van der Waals surface area contributed by atoms with E-state index in [1.54, 1.807) is 24.3 Å². The Hall–Kier alpha value is -3.26. The normalized spacial score (nSPS) is 11.1. The summed E-state index contributed by atoms with van der Waals surface area (Å²) < 4.78 is 54.5. The Kier molecular flexibility index (Phi) is 5.41. The van der Waals surface area contributed by atoms with E-state index in [-0.39, 0.29) is 11.3 Å². The lowest BCUT2D eigenvalue weighted by molar-refractivity contribution is 0.102. The molecule has 0 aliphatic rings. The Labute approximate surface area is 161 Å². The summed E-state index contributed by atoms with van der Waals surface area (Å²) >= 11 is 0. The number of hydrogen-bond acceptors (Lipinski definition) is 3. The van der Waals surface area contributed by atoms with Crippen LogP contribution in [0.25, 0.3) is 0 Å². The number of aryl methyl sites for hydroxylation is 1. The molecule has 0 aliphatic carbocycles. The van der Waals surface area contributed by atoms with Gasteiger partial charge in [0.1, 0.15) is 4.90 Å². The second-order valence-corrected chi connectivity index (χ2v) is 7.68. The molecule has 3 rings (SSSR count). The lowest BCUT2D eigenvalue weighted by Crippen LogP contribution is -2.19. The van der Waals surface area contributed by atoms with Crippen LogP contribution in [0.1, 0.15) is 15.9 Å². The molecule has 0 saturated heterocycles. The second-order valence-electron chi connectivity index (χ2n) is 6.03. The molecule has 144 valence electrons. The number of nitrogens with one attached hydrogen (secondary N) is 2. The zero-order valence-corrected chi connectivity index (χ0v) is 15.6. The zero-order valence-electron chi connectivity index (χ0n) is 14.7. The van der Waals surface area contributed by atoms with Crippen LogP contribution in [-0.4, -0.2) is 14.3 Å². The molecule has 0 spiro atoms. The largest absolute Gasteiger partial charge is 0.322 e. The van der Waals surface area contributed by atoms with Gasteiger partial charge < -0.3 is 5.32 Å². The molecule has 28 heavy (non-hydrogen) atoms. The molecule has 0 bridgehead atoms. The minimum Gasteiger partial charge on any atom is -0.322 e.